The second-order valence-corrected chi connectivity index (χ2v) is 5.88. The number of pyridine rings is 1. The molecule has 3 heterocycles. The fourth-order valence-electron chi connectivity index (χ4n) is 2.18. The SMILES string of the molecule is NCC1(c2nc(-c3cnc4ccsc4c3)no2)CC1. The van der Waals surface area contributed by atoms with E-state index >= 15 is 0 Å². The highest BCUT2D eigenvalue weighted by Gasteiger charge is 2.48. The van der Waals surface area contributed by atoms with E-state index < -0.39 is 0 Å². The third-order valence-corrected chi connectivity index (χ3v) is 4.54. The zero-order valence-corrected chi connectivity index (χ0v) is 11.0. The minimum Gasteiger partial charge on any atom is -0.338 e. The zero-order chi connectivity index (χ0) is 12.9. The van der Waals surface area contributed by atoms with Gasteiger partial charge in [0, 0.05) is 18.3 Å². The van der Waals surface area contributed by atoms with Crippen molar-refractivity contribution in [1.29, 1.82) is 0 Å². The van der Waals surface area contributed by atoms with Crippen LogP contribution in [0.4, 0.5) is 0 Å². The van der Waals surface area contributed by atoms with Crippen molar-refractivity contribution in [2.45, 2.75) is 18.3 Å². The summed E-state index contributed by atoms with van der Waals surface area (Å²) in [6, 6.07) is 4.04. The summed E-state index contributed by atoms with van der Waals surface area (Å²) in [6.45, 7) is 0.566. The molecule has 1 aliphatic rings. The molecule has 6 heteroatoms. The van der Waals surface area contributed by atoms with Crippen molar-refractivity contribution >= 4 is 21.6 Å². The third-order valence-electron chi connectivity index (χ3n) is 3.68. The van der Waals surface area contributed by atoms with Crippen molar-refractivity contribution in [3.63, 3.8) is 0 Å². The van der Waals surface area contributed by atoms with E-state index in [1.54, 1.807) is 17.5 Å². The van der Waals surface area contributed by atoms with E-state index in [4.69, 9.17) is 10.3 Å². The predicted molar refractivity (Wildman–Crippen MR) is 72.9 cm³/mol. The molecular formula is C13H12N4OS. The standard InChI is InChI=1S/C13H12N4OS/c14-7-13(2-3-13)12-16-11(17-18-12)8-5-10-9(15-6-8)1-4-19-10/h1,4-6H,2-3,7,14H2. The van der Waals surface area contributed by atoms with Gasteiger partial charge in [-0.2, -0.15) is 4.98 Å². The van der Waals surface area contributed by atoms with E-state index in [0.717, 1.165) is 28.6 Å². The van der Waals surface area contributed by atoms with Gasteiger partial charge in [-0.15, -0.1) is 11.3 Å². The Morgan fingerprint density at radius 2 is 2.32 bits per heavy atom. The number of nitrogens with two attached hydrogens (primary N) is 1. The normalized spacial score (nSPS) is 16.9. The lowest BCUT2D eigenvalue weighted by Crippen LogP contribution is -2.19. The molecule has 3 aromatic rings. The third kappa shape index (κ3) is 1.67. The van der Waals surface area contributed by atoms with Crippen LogP contribution in [0.15, 0.2) is 28.2 Å². The number of nitrogens with zero attached hydrogens (tertiary/aromatic N) is 3. The van der Waals surface area contributed by atoms with Crippen LogP contribution >= 0.6 is 11.3 Å². The predicted octanol–water partition coefficient (Wildman–Crippen LogP) is 2.34. The molecule has 2 N–H and O–H groups in total. The van der Waals surface area contributed by atoms with E-state index in [2.05, 4.69) is 15.1 Å². The van der Waals surface area contributed by atoms with E-state index in [9.17, 15) is 0 Å². The molecule has 0 amide bonds. The van der Waals surface area contributed by atoms with Crippen LogP contribution < -0.4 is 5.73 Å². The van der Waals surface area contributed by atoms with Crippen LogP contribution in [0.2, 0.25) is 0 Å². The first-order valence-electron chi connectivity index (χ1n) is 6.19. The average Bonchev–Trinajstić information content (AvgIpc) is 2.90. The minimum absolute atomic E-state index is 0.0638. The Kier molecular flexibility index (Phi) is 2.24. The van der Waals surface area contributed by atoms with Gasteiger partial charge in [0.2, 0.25) is 11.7 Å². The van der Waals surface area contributed by atoms with Crippen molar-refractivity contribution in [3.05, 3.63) is 29.6 Å². The topological polar surface area (TPSA) is 77.8 Å². The quantitative estimate of drug-likeness (QED) is 0.791. The summed E-state index contributed by atoms with van der Waals surface area (Å²) in [6.07, 6.45) is 3.85. The molecule has 0 bridgehead atoms. The van der Waals surface area contributed by atoms with Gasteiger partial charge in [0.05, 0.1) is 15.6 Å². The number of thiophene rings is 1. The second-order valence-electron chi connectivity index (χ2n) is 4.94. The molecule has 0 saturated heterocycles. The van der Waals surface area contributed by atoms with Crippen molar-refractivity contribution in [2.24, 2.45) is 5.73 Å². The molecule has 0 radical (unpaired) electrons. The molecule has 0 spiro atoms. The van der Waals surface area contributed by atoms with Crippen LogP contribution in [-0.2, 0) is 5.41 Å². The molecule has 0 unspecified atom stereocenters. The Morgan fingerprint density at radius 3 is 3.11 bits per heavy atom. The maximum Gasteiger partial charge on any atom is 0.234 e. The van der Waals surface area contributed by atoms with Crippen molar-refractivity contribution < 1.29 is 4.52 Å². The second kappa shape index (κ2) is 3.85. The first-order valence-corrected chi connectivity index (χ1v) is 7.07. The van der Waals surface area contributed by atoms with Crippen LogP contribution in [0.1, 0.15) is 18.7 Å². The van der Waals surface area contributed by atoms with Gasteiger partial charge in [-0.05, 0) is 30.4 Å². The summed E-state index contributed by atoms with van der Waals surface area (Å²) < 4.78 is 6.49. The lowest BCUT2D eigenvalue weighted by atomic mass is 10.1. The van der Waals surface area contributed by atoms with Gasteiger partial charge < -0.3 is 10.3 Å². The molecule has 1 saturated carbocycles. The molecule has 3 aromatic heterocycles. The van der Waals surface area contributed by atoms with Gasteiger partial charge >= 0.3 is 0 Å². The molecule has 4 rings (SSSR count). The van der Waals surface area contributed by atoms with E-state index in [0.29, 0.717) is 18.3 Å². The minimum atomic E-state index is -0.0638. The summed E-state index contributed by atoms with van der Waals surface area (Å²) in [5, 5.41) is 6.08. The molecular weight excluding hydrogens is 260 g/mol. The first-order chi connectivity index (χ1) is 9.31. The summed E-state index contributed by atoms with van der Waals surface area (Å²) in [4.78, 5) is 8.87. The van der Waals surface area contributed by atoms with Gasteiger partial charge in [0.1, 0.15) is 0 Å². The highest BCUT2D eigenvalue weighted by atomic mass is 32.1. The molecule has 5 nitrogen and oxygen atoms in total. The number of fused-ring (bicyclic) bond motifs is 1. The monoisotopic (exact) mass is 272 g/mol. The maximum atomic E-state index is 5.77. The van der Waals surface area contributed by atoms with E-state index in [1.807, 2.05) is 17.5 Å². The Labute approximate surface area is 113 Å². The van der Waals surface area contributed by atoms with Crippen molar-refractivity contribution in [1.82, 2.24) is 15.1 Å². The lowest BCUT2D eigenvalue weighted by molar-refractivity contribution is 0.347. The Hall–Kier alpha value is -1.79. The molecule has 1 aliphatic carbocycles. The van der Waals surface area contributed by atoms with Crippen molar-refractivity contribution in [3.8, 4) is 11.4 Å². The fourth-order valence-corrected chi connectivity index (χ4v) is 2.96. The molecule has 0 aromatic carbocycles. The van der Waals surface area contributed by atoms with E-state index in [-0.39, 0.29) is 5.41 Å². The van der Waals surface area contributed by atoms with Crippen molar-refractivity contribution in [2.75, 3.05) is 6.54 Å². The van der Waals surface area contributed by atoms with Gasteiger partial charge in [-0.1, -0.05) is 5.16 Å². The maximum absolute atomic E-state index is 5.77. The average molecular weight is 272 g/mol. The Balaban J connectivity index is 1.75. The van der Waals surface area contributed by atoms with Gasteiger partial charge in [-0.25, -0.2) is 0 Å². The molecule has 96 valence electrons. The number of rotatable bonds is 3. The number of hydrogen-bond donors (Lipinski definition) is 1. The molecule has 0 aliphatic heterocycles. The molecule has 19 heavy (non-hydrogen) atoms. The number of aromatic nitrogens is 3. The smallest absolute Gasteiger partial charge is 0.234 e. The highest BCUT2D eigenvalue weighted by molar-refractivity contribution is 7.17. The van der Waals surface area contributed by atoms with Crippen LogP contribution in [0.25, 0.3) is 21.6 Å². The van der Waals surface area contributed by atoms with Crippen LogP contribution in [-0.4, -0.2) is 21.7 Å². The largest absolute Gasteiger partial charge is 0.338 e. The van der Waals surface area contributed by atoms with Crippen LogP contribution in [0.5, 0.6) is 0 Å². The Bertz CT molecular complexity index is 744. The first kappa shape index (κ1) is 11.1. The summed E-state index contributed by atoms with van der Waals surface area (Å²) in [5.74, 6) is 1.26. The van der Waals surface area contributed by atoms with Crippen LogP contribution in [0, 0.1) is 0 Å². The lowest BCUT2D eigenvalue weighted by Gasteiger charge is -2.03. The summed E-state index contributed by atoms with van der Waals surface area (Å²) in [7, 11) is 0. The molecule has 1 fully saturated rings. The fraction of sp³-hybridized carbons (Fsp3) is 0.308. The van der Waals surface area contributed by atoms with Crippen LogP contribution in [0.3, 0.4) is 0 Å². The molecule has 0 atom stereocenters. The van der Waals surface area contributed by atoms with Gasteiger partial charge in [0.25, 0.3) is 0 Å². The number of hydrogen-bond acceptors (Lipinski definition) is 6. The van der Waals surface area contributed by atoms with E-state index in [1.165, 1.54) is 0 Å². The zero-order valence-electron chi connectivity index (χ0n) is 10.2. The van der Waals surface area contributed by atoms with Gasteiger partial charge in [0.15, 0.2) is 0 Å². The highest BCUT2D eigenvalue weighted by Crippen LogP contribution is 2.46. The summed E-state index contributed by atoms with van der Waals surface area (Å²) in [5.41, 5.74) is 7.59. The Morgan fingerprint density at radius 1 is 1.42 bits per heavy atom. The summed E-state index contributed by atoms with van der Waals surface area (Å²) >= 11 is 1.66. The van der Waals surface area contributed by atoms with Gasteiger partial charge in [-0.3, -0.25) is 4.98 Å².